The van der Waals surface area contributed by atoms with Gasteiger partial charge in [-0.3, -0.25) is 0 Å². The highest BCUT2D eigenvalue weighted by Gasteiger charge is 2.18. The van der Waals surface area contributed by atoms with Crippen LogP contribution in [0.1, 0.15) is 0 Å². The molecule has 0 aliphatic rings. The second-order valence-electron chi connectivity index (χ2n) is 12.0. The Kier molecular flexibility index (Phi) is 5.81. The Bertz CT molecular complexity index is 2770. The van der Waals surface area contributed by atoms with Crippen LogP contribution in [0, 0.1) is 0 Å². The largest absolute Gasteiger partial charge is 0.456 e. The third-order valence-electron chi connectivity index (χ3n) is 9.10. The number of hydrogen-bond donors (Lipinski definition) is 0. The van der Waals surface area contributed by atoms with Crippen LogP contribution in [0.2, 0.25) is 0 Å². The van der Waals surface area contributed by atoms with Crippen molar-refractivity contribution in [2.75, 3.05) is 4.90 Å². The number of hydrogen-bond acceptors (Lipinski definition) is 5. The van der Waals surface area contributed by atoms with Crippen LogP contribution in [0.25, 0.3) is 77.6 Å². The lowest BCUT2D eigenvalue weighted by Gasteiger charge is -2.25. The van der Waals surface area contributed by atoms with Crippen molar-refractivity contribution >= 4 is 72.0 Å². The molecule has 5 heteroatoms. The van der Waals surface area contributed by atoms with Crippen molar-refractivity contribution in [2.45, 2.75) is 0 Å². The van der Waals surface area contributed by atoms with E-state index in [4.69, 9.17) is 18.2 Å². The molecule has 48 heavy (non-hydrogen) atoms. The lowest BCUT2D eigenvalue weighted by Crippen LogP contribution is -2.09. The van der Waals surface area contributed by atoms with Gasteiger partial charge in [0.05, 0.1) is 5.39 Å². The molecule has 0 spiro atoms. The van der Waals surface area contributed by atoms with E-state index in [2.05, 4.69) is 95.9 Å². The number of anilines is 3. The summed E-state index contributed by atoms with van der Waals surface area (Å²) < 4.78 is 18.9. The number of furan rings is 2. The minimum atomic E-state index is 0.603. The average molecular weight is 619 g/mol. The molecule has 0 amide bonds. The van der Waals surface area contributed by atoms with Gasteiger partial charge in [0.1, 0.15) is 27.8 Å². The van der Waals surface area contributed by atoms with Crippen LogP contribution in [0.5, 0.6) is 0 Å². The molecule has 0 aliphatic heterocycles. The fourth-order valence-corrected chi connectivity index (χ4v) is 6.81. The van der Waals surface area contributed by atoms with Crippen molar-refractivity contribution < 1.29 is 13.3 Å². The van der Waals surface area contributed by atoms with E-state index in [1.807, 2.05) is 66.7 Å². The molecule has 0 bridgehead atoms. The Balaban J connectivity index is 1.03. The van der Waals surface area contributed by atoms with E-state index >= 15 is 0 Å². The molecule has 0 atom stereocenters. The fourth-order valence-electron chi connectivity index (χ4n) is 6.81. The molecule has 0 unspecified atom stereocenters. The predicted octanol–water partition coefficient (Wildman–Crippen LogP) is 12.4. The van der Waals surface area contributed by atoms with E-state index in [0.29, 0.717) is 5.89 Å². The van der Waals surface area contributed by atoms with Gasteiger partial charge in [-0.2, -0.15) is 0 Å². The molecule has 10 aromatic rings. The second-order valence-corrected chi connectivity index (χ2v) is 12.0. The summed E-state index contributed by atoms with van der Waals surface area (Å²) in [5.41, 5.74) is 11.1. The Labute approximate surface area is 274 Å². The van der Waals surface area contributed by atoms with Crippen LogP contribution in [-0.2, 0) is 0 Å². The summed E-state index contributed by atoms with van der Waals surface area (Å²) >= 11 is 0. The van der Waals surface area contributed by atoms with Crippen LogP contribution >= 0.6 is 0 Å². The highest BCUT2D eigenvalue weighted by molar-refractivity contribution is 6.16. The van der Waals surface area contributed by atoms with Gasteiger partial charge >= 0.3 is 0 Å². The molecule has 0 aliphatic carbocycles. The topological polar surface area (TPSA) is 55.6 Å². The first kappa shape index (κ1) is 26.6. The zero-order chi connectivity index (χ0) is 31.6. The minimum absolute atomic E-state index is 0.603. The lowest BCUT2D eigenvalue weighted by atomic mass is 10.0. The quantitative estimate of drug-likeness (QED) is 0.192. The van der Waals surface area contributed by atoms with Gasteiger partial charge in [-0.15, -0.1) is 0 Å². The smallest absolute Gasteiger partial charge is 0.227 e. The van der Waals surface area contributed by atoms with Gasteiger partial charge in [0.2, 0.25) is 5.89 Å². The Hall–Kier alpha value is -6.59. The van der Waals surface area contributed by atoms with E-state index in [1.54, 1.807) is 0 Å². The zero-order valence-electron chi connectivity index (χ0n) is 25.6. The Morgan fingerprint density at radius 2 is 1.04 bits per heavy atom. The van der Waals surface area contributed by atoms with E-state index in [-0.39, 0.29) is 0 Å². The van der Waals surface area contributed by atoms with Gasteiger partial charge in [0.15, 0.2) is 5.58 Å². The molecular weight excluding hydrogens is 592 g/mol. The average Bonchev–Trinajstić information content (AvgIpc) is 3.85. The van der Waals surface area contributed by atoms with E-state index in [1.165, 1.54) is 0 Å². The number of para-hydroxylation sites is 2. The maximum atomic E-state index is 6.37. The second kappa shape index (κ2) is 10.5. The number of oxazole rings is 1. The summed E-state index contributed by atoms with van der Waals surface area (Å²) in [4.78, 5) is 7.01. The predicted molar refractivity (Wildman–Crippen MR) is 194 cm³/mol. The number of fused-ring (bicyclic) bond motifs is 8. The van der Waals surface area contributed by atoms with Crippen molar-refractivity contribution in [1.82, 2.24) is 4.98 Å². The lowest BCUT2D eigenvalue weighted by molar-refractivity contribution is 0.622. The molecule has 0 saturated heterocycles. The molecule has 226 valence electrons. The summed E-state index contributed by atoms with van der Waals surface area (Å²) in [6, 6.07) is 54.0. The van der Waals surface area contributed by atoms with Gasteiger partial charge in [0, 0.05) is 44.9 Å². The van der Waals surface area contributed by atoms with Crippen LogP contribution in [-0.4, -0.2) is 4.98 Å². The molecule has 0 fully saturated rings. The number of aromatic nitrogens is 1. The van der Waals surface area contributed by atoms with Crippen LogP contribution in [0.4, 0.5) is 17.1 Å². The Morgan fingerprint density at radius 1 is 0.396 bits per heavy atom. The van der Waals surface area contributed by atoms with Gasteiger partial charge < -0.3 is 18.2 Å². The monoisotopic (exact) mass is 618 g/mol. The van der Waals surface area contributed by atoms with Gasteiger partial charge in [-0.05, 0) is 90.0 Å². The molecule has 0 N–H and O–H groups in total. The van der Waals surface area contributed by atoms with Crippen molar-refractivity contribution in [3.63, 3.8) is 0 Å². The maximum absolute atomic E-state index is 6.37. The first-order valence-corrected chi connectivity index (χ1v) is 15.9. The SMILES string of the molecule is c1ccc(-c2nc3ccc4oc5cc(-c6ccc(N(c7ccccc7)c7ccc8c(c7)oc7ccccc78)cc6)ccc5c4c3o2)cc1. The van der Waals surface area contributed by atoms with E-state index in [0.717, 1.165) is 88.7 Å². The van der Waals surface area contributed by atoms with Crippen molar-refractivity contribution in [1.29, 1.82) is 0 Å². The standard InChI is InChI=1S/C43H26N2O3/c1-3-9-28(10-4-1)43-44-36-23-24-38-41(42(36)48-43)35-21-17-29(25-39(35)47-38)27-15-18-31(19-16-27)45(30-11-5-2-6-12-30)32-20-22-34-33-13-7-8-14-37(33)46-40(34)26-32/h1-26H. The highest BCUT2D eigenvalue weighted by atomic mass is 16.4. The summed E-state index contributed by atoms with van der Waals surface area (Å²) in [5.74, 6) is 0.603. The van der Waals surface area contributed by atoms with E-state index in [9.17, 15) is 0 Å². The summed E-state index contributed by atoms with van der Waals surface area (Å²) in [7, 11) is 0. The number of nitrogens with zero attached hydrogens (tertiary/aromatic N) is 2. The van der Waals surface area contributed by atoms with Gasteiger partial charge in [-0.25, -0.2) is 4.98 Å². The minimum Gasteiger partial charge on any atom is -0.456 e. The van der Waals surface area contributed by atoms with Crippen LogP contribution in [0.3, 0.4) is 0 Å². The number of benzene rings is 7. The molecule has 5 nitrogen and oxygen atoms in total. The van der Waals surface area contributed by atoms with Gasteiger partial charge in [-0.1, -0.05) is 72.8 Å². The highest BCUT2D eigenvalue weighted by Crippen LogP contribution is 2.41. The normalized spacial score (nSPS) is 11.8. The molecule has 10 rings (SSSR count). The van der Waals surface area contributed by atoms with Crippen molar-refractivity contribution in [2.24, 2.45) is 0 Å². The molecule has 7 aromatic carbocycles. The third kappa shape index (κ3) is 4.22. The number of rotatable bonds is 5. The molecular formula is C43H26N2O3. The van der Waals surface area contributed by atoms with Crippen LogP contribution in [0.15, 0.2) is 171 Å². The summed E-state index contributed by atoms with van der Waals surface area (Å²) in [6.07, 6.45) is 0. The van der Waals surface area contributed by atoms with Crippen molar-refractivity contribution in [3.8, 4) is 22.6 Å². The first-order valence-electron chi connectivity index (χ1n) is 15.9. The van der Waals surface area contributed by atoms with Crippen molar-refractivity contribution in [3.05, 3.63) is 158 Å². The third-order valence-corrected chi connectivity index (χ3v) is 9.10. The molecule has 0 saturated carbocycles. The van der Waals surface area contributed by atoms with E-state index < -0.39 is 0 Å². The molecule has 3 aromatic heterocycles. The van der Waals surface area contributed by atoms with Gasteiger partial charge in [0.25, 0.3) is 0 Å². The first-order chi connectivity index (χ1) is 23.8. The molecule has 3 heterocycles. The van der Waals surface area contributed by atoms with Crippen LogP contribution < -0.4 is 4.90 Å². The fraction of sp³-hybridized carbons (Fsp3) is 0. The zero-order valence-corrected chi connectivity index (χ0v) is 25.6. The summed E-state index contributed by atoms with van der Waals surface area (Å²) in [5, 5.41) is 4.18. The maximum Gasteiger partial charge on any atom is 0.227 e. The summed E-state index contributed by atoms with van der Waals surface area (Å²) in [6.45, 7) is 0. The molecule has 0 radical (unpaired) electrons. The Morgan fingerprint density at radius 3 is 1.90 bits per heavy atom.